The van der Waals surface area contributed by atoms with Crippen LogP contribution in [-0.2, 0) is 0 Å². The van der Waals surface area contributed by atoms with Gasteiger partial charge in [-0.05, 0) is 36.4 Å². The van der Waals surface area contributed by atoms with E-state index in [0.717, 1.165) is 0 Å². The molecule has 112 valence electrons. The molecule has 21 heavy (non-hydrogen) atoms. The van der Waals surface area contributed by atoms with Gasteiger partial charge in [0.05, 0.1) is 6.26 Å². The molecule has 2 rings (SSSR count). The number of amides is 1. The molecule has 1 atom stereocenters. The second-order valence-electron chi connectivity index (χ2n) is 4.08. The normalized spacial score (nSPS) is 12.8. The number of halogens is 4. The highest BCUT2D eigenvalue weighted by molar-refractivity contribution is 6.68. The second-order valence-corrected chi connectivity index (χ2v) is 6.45. The van der Waals surface area contributed by atoms with E-state index in [0.29, 0.717) is 5.69 Å². The van der Waals surface area contributed by atoms with Gasteiger partial charge in [0.1, 0.15) is 12.0 Å². The number of rotatable bonds is 4. The highest BCUT2D eigenvalue weighted by Crippen LogP contribution is 2.31. The lowest BCUT2D eigenvalue weighted by molar-refractivity contribution is 0.0914. The van der Waals surface area contributed by atoms with E-state index in [1.54, 1.807) is 6.07 Å². The maximum Gasteiger partial charge on any atom is 0.288 e. The monoisotopic (exact) mass is 350 g/mol. The number of anilines is 1. The van der Waals surface area contributed by atoms with Crippen LogP contribution in [0.25, 0.3) is 0 Å². The smallest absolute Gasteiger partial charge is 0.288 e. The van der Waals surface area contributed by atoms with Gasteiger partial charge in [-0.2, -0.15) is 0 Å². The Kier molecular flexibility index (Phi) is 4.98. The summed E-state index contributed by atoms with van der Waals surface area (Å²) in [6.07, 6.45) is 0.317. The Hall–Kier alpha value is -1.43. The summed E-state index contributed by atoms with van der Waals surface area (Å²) in [5.74, 6) is -0.869. The van der Waals surface area contributed by atoms with Crippen LogP contribution in [0.2, 0.25) is 0 Å². The summed E-state index contributed by atoms with van der Waals surface area (Å²) in [4.78, 5) is 11.9. The summed E-state index contributed by atoms with van der Waals surface area (Å²) < 4.78 is 16.0. The fraction of sp³-hybridized carbons (Fsp3) is 0.154. The van der Waals surface area contributed by atoms with Crippen molar-refractivity contribution >= 4 is 46.4 Å². The van der Waals surface area contributed by atoms with E-state index in [1.165, 1.54) is 36.6 Å². The van der Waals surface area contributed by atoms with E-state index < -0.39 is 21.7 Å². The molecule has 0 fully saturated rings. The van der Waals surface area contributed by atoms with Crippen molar-refractivity contribution in [3.05, 3.63) is 54.2 Å². The number of alkyl halides is 3. The van der Waals surface area contributed by atoms with Crippen molar-refractivity contribution in [1.82, 2.24) is 5.32 Å². The first-order valence-electron chi connectivity index (χ1n) is 5.79. The number of benzene rings is 1. The predicted molar refractivity (Wildman–Crippen MR) is 80.3 cm³/mol. The van der Waals surface area contributed by atoms with Crippen LogP contribution in [0, 0.1) is 5.82 Å². The fourth-order valence-corrected chi connectivity index (χ4v) is 1.85. The lowest BCUT2D eigenvalue weighted by Crippen LogP contribution is -2.49. The predicted octanol–water partition coefficient (Wildman–Crippen LogP) is 3.96. The van der Waals surface area contributed by atoms with E-state index in [1.807, 2.05) is 0 Å². The molecule has 1 aromatic carbocycles. The molecule has 0 radical (unpaired) electrons. The third-order valence-corrected chi connectivity index (χ3v) is 3.16. The lowest BCUT2D eigenvalue weighted by Gasteiger charge is -2.27. The molecular formula is C13H10Cl3FN2O2. The highest BCUT2D eigenvalue weighted by Gasteiger charge is 2.34. The van der Waals surface area contributed by atoms with Crippen LogP contribution < -0.4 is 10.6 Å². The van der Waals surface area contributed by atoms with Crippen molar-refractivity contribution in [3.63, 3.8) is 0 Å². The van der Waals surface area contributed by atoms with Crippen molar-refractivity contribution in [2.45, 2.75) is 9.96 Å². The van der Waals surface area contributed by atoms with E-state index in [4.69, 9.17) is 39.2 Å². The quantitative estimate of drug-likeness (QED) is 0.647. The van der Waals surface area contributed by atoms with Gasteiger partial charge in [-0.15, -0.1) is 0 Å². The number of hydrogen-bond donors (Lipinski definition) is 2. The lowest BCUT2D eigenvalue weighted by atomic mass is 10.3. The van der Waals surface area contributed by atoms with Crippen LogP contribution in [0.1, 0.15) is 10.6 Å². The number of carbonyl (C=O) groups is 1. The van der Waals surface area contributed by atoms with Crippen molar-refractivity contribution in [3.8, 4) is 0 Å². The molecule has 1 aromatic heterocycles. The first-order chi connectivity index (χ1) is 9.86. The molecule has 8 heteroatoms. The zero-order valence-corrected chi connectivity index (χ0v) is 12.7. The zero-order valence-electron chi connectivity index (χ0n) is 10.4. The molecule has 4 nitrogen and oxygen atoms in total. The highest BCUT2D eigenvalue weighted by atomic mass is 35.6. The molecule has 0 saturated heterocycles. The number of nitrogens with one attached hydrogen (secondary N) is 2. The molecule has 0 aliphatic rings. The molecule has 0 bridgehead atoms. The van der Waals surface area contributed by atoms with Crippen LogP contribution in [0.15, 0.2) is 47.1 Å². The number of hydrogen-bond acceptors (Lipinski definition) is 3. The van der Waals surface area contributed by atoms with Gasteiger partial charge < -0.3 is 15.1 Å². The summed E-state index contributed by atoms with van der Waals surface area (Å²) in [5.41, 5.74) is 0.479. The van der Waals surface area contributed by atoms with Gasteiger partial charge in [0.15, 0.2) is 5.76 Å². The summed E-state index contributed by atoms with van der Waals surface area (Å²) in [7, 11) is 0. The van der Waals surface area contributed by atoms with E-state index >= 15 is 0 Å². The number of furan rings is 1. The van der Waals surface area contributed by atoms with Crippen molar-refractivity contribution < 1.29 is 13.6 Å². The van der Waals surface area contributed by atoms with E-state index in [9.17, 15) is 9.18 Å². The summed E-state index contributed by atoms with van der Waals surface area (Å²) in [5, 5.41) is 5.29. The Morgan fingerprint density at radius 2 is 1.86 bits per heavy atom. The minimum Gasteiger partial charge on any atom is -0.459 e. The number of carbonyl (C=O) groups excluding carboxylic acids is 1. The van der Waals surface area contributed by atoms with Gasteiger partial charge in [-0.3, -0.25) is 4.79 Å². The van der Waals surface area contributed by atoms with Gasteiger partial charge in [-0.25, -0.2) is 4.39 Å². The molecule has 1 heterocycles. The average Bonchev–Trinajstić information content (AvgIpc) is 2.93. The minimum absolute atomic E-state index is 0.0788. The maximum atomic E-state index is 12.9. The van der Waals surface area contributed by atoms with Gasteiger partial charge in [0.25, 0.3) is 5.91 Å². The third kappa shape index (κ3) is 4.52. The topological polar surface area (TPSA) is 54.3 Å². The minimum atomic E-state index is -1.82. The molecule has 0 spiro atoms. The molecule has 2 N–H and O–H groups in total. The van der Waals surface area contributed by atoms with Crippen LogP contribution in [0.5, 0.6) is 0 Å². The third-order valence-electron chi connectivity index (χ3n) is 2.50. The summed E-state index contributed by atoms with van der Waals surface area (Å²) in [6.45, 7) is 0. The second kappa shape index (κ2) is 6.56. The first kappa shape index (κ1) is 15.9. The first-order valence-corrected chi connectivity index (χ1v) is 6.93. The molecule has 0 aliphatic heterocycles. The Morgan fingerprint density at radius 1 is 1.19 bits per heavy atom. The molecular weight excluding hydrogens is 342 g/mol. The Balaban J connectivity index is 2.12. The van der Waals surface area contributed by atoms with Crippen LogP contribution >= 0.6 is 34.8 Å². The Morgan fingerprint density at radius 3 is 2.38 bits per heavy atom. The van der Waals surface area contributed by atoms with Gasteiger partial charge in [-0.1, -0.05) is 34.8 Å². The molecule has 1 amide bonds. The fourth-order valence-electron chi connectivity index (χ4n) is 1.52. The van der Waals surface area contributed by atoms with E-state index in [-0.39, 0.29) is 5.76 Å². The SMILES string of the molecule is O=C(N[C@@H](Nc1ccc(F)cc1)C(Cl)(Cl)Cl)c1ccco1. The van der Waals surface area contributed by atoms with Crippen LogP contribution in [0.3, 0.4) is 0 Å². The molecule has 0 aliphatic carbocycles. The van der Waals surface area contributed by atoms with E-state index in [2.05, 4.69) is 10.6 Å². The zero-order chi connectivity index (χ0) is 15.5. The van der Waals surface area contributed by atoms with Crippen LogP contribution in [-0.4, -0.2) is 15.9 Å². The standard InChI is InChI=1S/C13H10Cl3FN2O2/c14-13(15,16)12(18-9-5-3-8(17)4-6-9)19-11(20)10-2-1-7-21-10/h1-7,12,18H,(H,19,20)/t12-/m1/s1. The van der Waals surface area contributed by atoms with Gasteiger partial charge in [0.2, 0.25) is 3.79 Å². The van der Waals surface area contributed by atoms with Gasteiger partial charge >= 0.3 is 0 Å². The maximum absolute atomic E-state index is 12.9. The van der Waals surface area contributed by atoms with Crippen molar-refractivity contribution in [1.29, 1.82) is 0 Å². The van der Waals surface area contributed by atoms with Crippen LogP contribution in [0.4, 0.5) is 10.1 Å². The largest absolute Gasteiger partial charge is 0.459 e. The summed E-state index contributed by atoms with van der Waals surface area (Å²) in [6, 6.07) is 8.43. The Labute approximate surface area is 135 Å². The average molecular weight is 352 g/mol. The van der Waals surface area contributed by atoms with Crippen molar-refractivity contribution in [2.75, 3.05) is 5.32 Å². The Bertz CT molecular complexity index is 597. The molecule has 2 aromatic rings. The summed E-state index contributed by atoms with van der Waals surface area (Å²) >= 11 is 17.5. The van der Waals surface area contributed by atoms with Gasteiger partial charge in [0, 0.05) is 5.69 Å². The molecule has 0 saturated carbocycles. The molecule has 0 unspecified atom stereocenters. The van der Waals surface area contributed by atoms with Crippen molar-refractivity contribution in [2.24, 2.45) is 0 Å².